The highest BCUT2D eigenvalue weighted by molar-refractivity contribution is 5.82. The van der Waals surface area contributed by atoms with E-state index in [-0.39, 0.29) is 11.9 Å². The number of H-pyrrole nitrogens is 1. The summed E-state index contributed by atoms with van der Waals surface area (Å²) in [6, 6.07) is 1.85. The lowest BCUT2D eigenvalue weighted by atomic mass is 10.2. The standard InChI is InChI=1S/C12H18N4O/c1-2-7-16-8-3-4-11(16)12(17)13-9-10-5-6-14-15-10/h2,5-6,11H,1,3-4,7-9H2,(H,13,17)(H,14,15)/t11-/m0/s1. The van der Waals surface area contributed by atoms with Gasteiger partial charge in [0.15, 0.2) is 0 Å². The lowest BCUT2D eigenvalue weighted by Crippen LogP contribution is -2.43. The molecular formula is C12H18N4O. The summed E-state index contributed by atoms with van der Waals surface area (Å²) in [5.41, 5.74) is 0.923. The molecule has 2 N–H and O–H groups in total. The van der Waals surface area contributed by atoms with Gasteiger partial charge in [-0.25, -0.2) is 0 Å². The summed E-state index contributed by atoms with van der Waals surface area (Å²) in [6.07, 6.45) is 5.54. The fourth-order valence-electron chi connectivity index (χ4n) is 2.19. The number of carbonyl (C=O) groups excluding carboxylic acids is 1. The van der Waals surface area contributed by atoms with Crippen LogP contribution in [0.1, 0.15) is 18.5 Å². The molecule has 1 atom stereocenters. The zero-order valence-electron chi connectivity index (χ0n) is 9.85. The molecule has 2 heterocycles. The van der Waals surface area contributed by atoms with Crippen LogP contribution in [0, 0.1) is 0 Å². The first-order chi connectivity index (χ1) is 8.31. The average Bonchev–Trinajstić information content (AvgIpc) is 2.97. The molecule has 92 valence electrons. The lowest BCUT2D eigenvalue weighted by Gasteiger charge is -2.21. The summed E-state index contributed by atoms with van der Waals surface area (Å²) in [6.45, 7) is 5.99. The second kappa shape index (κ2) is 5.63. The summed E-state index contributed by atoms with van der Waals surface area (Å²) < 4.78 is 0. The second-order valence-corrected chi connectivity index (χ2v) is 4.24. The van der Waals surface area contributed by atoms with Gasteiger partial charge in [0, 0.05) is 12.7 Å². The van der Waals surface area contributed by atoms with Crippen LogP contribution in [-0.2, 0) is 11.3 Å². The quantitative estimate of drug-likeness (QED) is 0.736. The van der Waals surface area contributed by atoms with Crippen LogP contribution in [0.3, 0.4) is 0 Å². The second-order valence-electron chi connectivity index (χ2n) is 4.24. The molecule has 17 heavy (non-hydrogen) atoms. The molecular weight excluding hydrogens is 216 g/mol. The van der Waals surface area contributed by atoms with Crippen molar-refractivity contribution in [3.63, 3.8) is 0 Å². The van der Waals surface area contributed by atoms with E-state index in [0.29, 0.717) is 6.54 Å². The Balaban J connectivity index is 1.84. The number of likely N-dealkylation sites (tertiary alicyclic amines) is 1. The first kappa shape index (κ1) is 11.9. The van der Waals surface area contributed by atoms with E-state index in [1.807, 2.05) is 12.1 Å². The van der Waals surface area contributed by atoms with Crippen molar-refractivity contribution < 1.29 is 4.79 Å². The SMILES string of the molecule is C=CCN1CCC[C@H]1C(=O)NCc1ccn[nH]1. The Morgan fingerprint density at radius 2 is 2.65 bits per heavy atom. The fraction of sp³-hybridized carbons (Fsp3) is 0.500. The number of nitrogens with one attached hydrogen (secondary N) is 2. The number of amides is 1. The number of rotatable bonds is 5. The predicted molar refractivity (Wildman–Crippen MR) is 65.2 cm³/mol. The largest absolute Gasteiger partial charge is 0.349 e. The molecule has 5 heteroatoms. The Morgan fingerprint density at radius 1 is 1.76 bits per heavy atom. The minimum absolute atomic E-state index is 0.00378. The van der Waals surface area contributed by atoms with Crippen LogP contribution in [-0.4, -0.2) is 40.1 Å². The number of aromatic nitrogens is 2. The summed E-state index contributed by atoms with van der Waals surface area (Å²) >= 11 is 0. The van der Waals surface area contributed by atoms with Crippen molar-refractivity contribution >= 4 is 5.91 Å². The van der Waals surface area contributed by atoms with Crippen LogP contribution in [0.15, 0.2) is 24.9 Å². The van der Waals surface area contributed by atoms with Gasteiger partial charge in [-0.05, 0) is 25.5 Å². The van der Waals surface area contributed by atoms with E-state index >= 15 is 0 Å². The number of carbonyl (C=O) groups is 1. The molecule has 5 nitrogen and oxygen atoms in total. The number of hydrogen-bond acceptors (Lipinski definition) is 3. The third-order valence-corrected chi connectivity index (χ3v) is 3.04. The third-order valence-electron chi connectivity index (χ3n) is 3.04. The van der Waals surface area contributed by atoms with Gasteiger partial charge in [-0.2, -0.15) is 5.10 Å². The minimum Gasteiger partial charge on any atom is -0.349 e. The van der Waals surface area contributed by atoms with E-state index in [2.05, 4.69) is 27.0 Å². The molecule has 1 fully saturated rings. The van der Waals surface area contributed by atoms with E-state index in [0.717, 1.165) is 31.6 Å². The van der Waals surface area contributed by atoms with Crippen molar-refractivity contribution in [2.24, 2.45) is 0 Å². The van der Waals surface area contributed by atoms with Gasteiger partial charge >= 0.3 is 0 Å². The highest BCUT2D eigenvalue weighted by Crippen LogP contribution is 2.16. The zero-order valence-corrected chi connectivity index (χ0v) is 9.85. The van der Waals surface area contributed by atoms with Crippen molar-refractivity contribution in [2.75, 3.05) is 13.1 Å². The first-order valence-electron chi connectivity index (χ1n) is 5.92. The summed E-state index contributed by atoms with van der Waals surface area (Å²) in [5.74, 6) is 0.0963. The number of nitrogens with zero attached hydrogens (tertiary/aromatic N) is 2. The van der Waals surface area contributed by atoms with Crippen LogP contribution in [0.2, 0.25) is 0 Å². The Kier molecular flexibility index (Phi) is 3.93. The monoisotopic (exact) mass is 234 g/mol. The fourth-order valence-corrected chi connectivity index (χ4v) is 2.19. The molecule has 1 aromatic rings. The smallest absolute Gasteiger partial charge is 0.237 e. The van der Waals surface area contributed by atoms with Gasteiger partial charge in [-0.3, -0.25) is 14.8 Å². The Bertz CT molecular complexity index is 374. The first-order valence-corrected chi connectivity index (χ1v) is 5.92. The Labute approximate surface area is 101 Å². The highest BCUT2D eigenvalue weighted by atomic mass is 16.2. The summed E-state index contributed by atoms with van der Waals surface area (Å²) in [4.78, 5) is 14.2. The van der Waals surface area contributed by atoms with Gasteiger partial charge in [0.2, 0.25) is 5.91 Å². The molecule has 1 aromatic heterocycles. The zero-order chi connectivity index (χ0) is 12.1. The van der Waals surface area contributed by atoms with Gasteiger partial charge in [0.05, 0.1) is 18.3 Å². The molecule has 1 amide bonds. The molecule has 0 aromatic carbocycles. The molecule has 2 rings (SSSR count). The Hall–Kier alpha value is -1.62. The number of aromatic amines is 1. The van der Waals surface area contributed by atoms with Crippen LogP contribution in [0.25, 0.3) is 0 Å². The maximum Gasteiger partial charge on any atom is 0.237 e. The van der Waals surface area contributed by atoms with Crippen molar-refractivity contribution in [3.8, 4) is 0 Å². The van der Waals surface area contributed by atoms with Crippen molar-refractivity contribution in [1.82, 2.24) is 20.4 Å². The topological polar surface area (TPSA) is 61.0 Å². The van der Waals surface area contributed by atoms with E-state index < -0.39 is 0 Å². The minimum atomic E-state index is -0.00378. The third kappa shape index (κ3) is 2.94. The number of hydrogen-bond donors (Lipinski definition) is 2. The highest BCUT2D eigenvalue weighted by Gasteiger charge is 2.29. The van der Waals surface area contributed by atoms with Crippen LogP contribution >= 0.6 is 0 Å². The lowest BCUT2D eigenvalue weighted by molar-refractivity contribution is -0.125. The van der Waals surface area contributed by atoms with Gasteiger partial charge in [-0.15, -0.1) is 6.58 Å². The van der Waals surface area contributed by atoms with E-state index in [1.54, 1.807) is 6.20 Å². The van der Waals surface area contributed by atoms with Crippen LogP contribution < -0.4 is 5.32 Å². The van der Waals surface area contributed by atoms with Gasteiger partial charge in [0.1, 0.15) is 0 Å². The predicted octanol–water partition coefficient (Wildman–Crippen LogP) is 0.676. The molecule has 0 bridgehead atoms. The van der Waals surface area contributed by atoms with E-state index in [4.69, 9.17) is 0 Å². The molecule has 1 aliphatic rings. The normalized spacial score (nSPS) is 20.4. The van der Waals surface area contributed by atoms with Gasteiger partial charge in [0.25, 0.3) is 0 Å². The molecule has 1 saturated heterocycles. The van der Waals surface area contributed by atoms with Crippen molar-refractivity contribution in [1.29, 1.82) is 0 Å². The average molecular weight is 234 g/mol. The molecule has 0 spiro atoms. The maximum atomic E-state index is 12.0. The van der Waals surface area contributed by atoms with Crippen LogP contribution in [0.5, 0.6) is 0 Å². The van der Waals surface area contributed by atoms with E-state index in [1.165, 1.54) is 0 Å². The maximum absolute atomic E-state index is 12.0. The summed E-state index contributed by atoms with van der Waals surface area (Å²) in [5, 5.41) is 9.60. The van der Waals surface area contributed by atoms with Crippen molar-refractivity contribution in [3.05, 3.63) is 30.6 Å². The molecule has 1 aliphatic heterocycles. The molecule has 0 radical (unpaired) electrons. The molecule has 0 aliphatic carbocycles. The molecule has 0 saturated carbocycles. The van der Waals surface area contributed by atoms with Gasteiger partial charge in [-0.1, -0.05) is 6.08 Å². The Morgan fingerprint density at radius 3 is 3.35 bits per heavy atom. The summed E-state index contributed by atoms with van der Waals surface area (Å²) in [7, 11) is 0. The molecule has 0 unspecified atom stereocenters. The van der Waals surface area contributed by atoms with Crippen LogP contribution in [0.4, 0.5) is 0 Å². The van der Waals surface area contributed by atoms with Gasteiger partial charge < -0.3 is 5.32 Å². The van der Waals surface area contributed by atoms with Crippen molar-refractivity contribution in [2.45, 2.75) is 25.4 Å². The van der Waals surface area contributed by atoms with E-state index in [9.17, 15) is 4.79 Å².